The zero-order valence-electron chi connectivity index (χ0n) is 6.77. The molecule has 0 saturated heterocycles. The third kappa shape index (κ3) is 41.0. The predicted octanol–water partition coefficient (Wildman–Crippen LogP) is 1.29. The first-order valence-electron chi connectivity index (χ1n) is 3.22. The van der Waals surface area contributed by atoms with Gasteiger partial charge >= 0.3 is 7.82 Å². The highest BCUT2D eigenvalue weighted by Gasteiger charge is 2.00. The molecule has 0 aromatic carbocycles. The molecule has 0 fully saturated rings. The summed E-state index contributed by atoms with van der Waals surface area (Å²) in [7, 11) is -4.64. The summed E-state index contributed by atoms with van der Waals surface area (Å²) >= 11 is 0. The van der Waals surface area contributed by atoms with Gasteiger partial charge in [0, 0.05) is 0 Å². The van der Waals surface area contributed by atoms with Gasteiger partial charge in [-0.15, -0.1) is 6.58 Å². The molecule has 0 rings (SSSR count). The van der Waals surface area contributed by atoms with Crippen molar-refractivity contribution in [2.75, 3.05) is 0 Å². The third-order valence-electron chi connectivity index (χ3n) is 1.05. The highest BCUT2D eigenvalue weighted by Crippen LogP contribution is 2.25. The number of allylic oxidation sites excluding steroid dienone is 1. The van der Waals surface area contributed by atoms with Crippen molar-refractivity contribution in [3.8, 4) is 0 Å². The van der Waals surface area contributed by atoms with Gasteiger partial charge < -0.3 is 14.7 Å². The van der Waals surface area contributed by atoms with Crippen LogP contribution in [-0.4, -0.2) is 14.7 Å². The SMILES string of the molecule is C=CC(C)CC.O=P(O)(O)O. The second kappa shape index (κ2) is 6.55. The highest BCUT2D eigenvalue weighted by molar-refractivity contribution is 7.45. The van der Waals surface area contributed by atoms with Gasteiger partial charge in [0.25, 0.3) is 0 Å². The van der Waals surface area contributed by atoms with Crippen LogP contribution in [0.3, 0.4) is 0 Å². The van der Waals surface area contributed by atoms with E-state index in [1.807, 2.05) is 6.08 Å². The van der Waals surface area contributed by atoms with E-state index in [0.29, 0.717) is 5.92 Å². The maximum absolute atomic E-state index is 8.88. The zero-order chi connectivity index (χ0) is 9.49. The van der Waals surface area contributed by atoms with Crippen LogP contribution in [-0.2, 0) is 4.57 Å². The first-order valence-corrected chi connectivity index (χ1v) is 4.78. The zero-order valence-corrected chi connectivity index (χ0v) is 7.66. The molecule has 4 nitrogen and oxygen atoms in total. The number of hydrogen-bond acceptors (Lipinski definition) is 1. The number of phosphoric acid groups is 1. The van der Waals surface area contributed by atoms with E-state index in [-0.39, 0.29) is 0 Å². The van der Waals surface area contributed by atoms with Crippen LogP contribution in [0.5, 0.6) is 0 Å². The Labute approximate surface area is 66.8 Å². The van der Waals surface area contributed by atoms with Gasteiger partial charge in [0.15, 0.2) is 0 Å². The monoisotopic (exact) mass is 182 g/mol. The molecule has 0 radical (unpaired) electrons. The van der Waals surface area contributed by atoms with Gasteiger partial charge in [-0.1, -0.05) is 26.3 Å². The van der Waals surface area contributed by atoms with Crippen molar-refractivity contribution in [2.45, 2.75) is 20.3 Å². The molecule has 0 aliphatic heterocycles. The fourth-order valence-corrected chi connectivity index (χ4v) is 0.167. The first kappa shape index (κ1) is 13.4. The molecule has 0 aromatic heterocycles. The van der Waals surface area contributed by atoms with Crippen LogP contribution in [0.2, 0.25) is 0 Å². The van der Waals surface area contributed by atoms with Crippen molar-refractivity contribution in [3.05, 3.63) is 12.7 Å². The summed E-state index contributed by atoms with van der Waals surface area (Å²) in [6.45, 7) is 7.95. The van der Waals surface area contributed by atoms with Crippen molar-refractivity contribution in [3.63, 3.8) is 0 Å². The topological polar surface area (TPSA) is 77.8 Å². The molecule has 11 heavy (non-hydrogen) atoms. The number of hydrogen-bond donors (Lipinski definition) is 3. The Hall–Kier alpha value is -0.150. The first-order chi connectivity index (χ1) is 4.81. The van der Waals surface area contributed by atoms with E-state index >= 15 is 0 Å². The Morgan fingerprint density at radius 2 is 1.82 bits per heavy atom. The Morgan fingerprint density at radius 3 is 1.82 bits per heavy atom. The normalized spacial score (nSPS) is 12.8. The van der Waals surface area contributed by atoms with Gasteiger partial charge in [0.2, 0.25) is 0 Å². The molecule has 0 spiro atoms. The molecule has 0 aliphatic rings. The molecule has 0 aliphatic carbocycles. The lowest BCUT2D eigenvalue weighted by atomic mass is 10.1. The van der Waals surface area contributed by atoms with Crippen LogP contribution in [0.4, 0.5) is 0 Å². The Balaban J connectivity index is 0. The summed E-state index contributed by atoms with van der Waals surface area (Å²) in [5.41, 5.74) is 0. The Kier molecular flexibility index (Phi) is 8.01. The molecule has 68 valence electrons. The largest absolute Gasteiger partial charge is 0.466 e. The Bertz CT molecular complexity index is 131. The second-order valence-electron chi connectivity index (χ2n) is 2.13. The molecule has 0 bridgehead atoms. The average molecular weight is 182 g/mol. The predicted molar refractivity (Wildman–Crippen MR) is 43.9 cm³/mol. The molecule has 3 N–H and O–H groups in total. The molecular formula is C6H15O4P. The summed E-state index contributed by atoms with van der Waals surface area (Å²) < 4.78 is 8.88. The van der Waals surface area contributed by atoms with Crippen LogP contribution in [0, 0.1) is 5.92 Å². The maximum Gasteiger partial charge on any atom is 0.466 e. The van der Waals surface area contributed by atoms with Crippen LogP contribution in [0.25, 0.3) is 0 Å². The van der Waals surface area contributed by atoms with Crippen molar-refractivity contribution < 1.29 is 19.2 Å². The lowest BCUT2D eigenvalue weighted by molar-refractivity contribution is 0.275. The standard InChI is InChI=1S/C6H12.H3O4P/c1-4-6(3)5-2;1-5(2,3)4/h4,6H,1,5H2,2-3H3;(H3,1,2,3,4). The van der Waals surface area contributed by atoms with Crippen LogP contribution in [0.15, 0.2) is 12.7 Å². The third-order valence-corrected chi connectivity index (χ3v) is 1.05. The molecule has 0 saturated carbocycles. The van der Waals surface area contributed by atoms with Gasteiger partial charge in [0.05, 0.1) is 0 Å². The van der Waals surface area contributed by atoms with Gasteiger partial charge in [-0.25, -0.2) is 4.57 Å². The maximum atomic E-state index is 8.88. The molecule has 0 aromatic rings. The summed E-state index contributed by atoms with van der Waals surface area (Å²) in [5.74, 6) is 0.699. The van der Waals surface area contributed by atoms with E-state index in [0.717, 1.165) is 0 Å². The van der Waals surface area contributed by atoms with E-state index in [1.54, 1.807) is 0 Å². The highest BCUT2D eigenvalue weighted by atomic mass is 31.2. The quantitative estimate of drug-likeness (QED) is 0.444. The minimum atomic E-state index is -4.64. The van der Waals surface area contributed by atoms with E-state index < -0.39 is 7.82 Å². The van der Waals surface area contributed by atoms with E-state index in [9.17, 15) is 0 Å². The van der Waals surface area contributed by atoms with Gasteiger partial charge in [-0.05, 0) is 5.92 Å². The van der Waals surface area contributed by atoms with Gasteiger partial charge in [-0.2, -0.15) is 0 Å². The van der Waals surface area contributed by atoms with E-state index in [1.165, 1.54) is 6.42 Å². The molecule has 1 atom stereocenters. The minimum absolute atomic E-state index is 0.699. The summed E-state index contributed by atoms with van der Waals surface area (Å²) in [6, 6.07) is 0. The fourth-order valence-electron chi connectivity index (χ4n) is 0.167. The minimum Gasteiger partial charge on any atom is -0.303 e. The average Bonchev–Trinajstić information content (AvgIpc) is 1.83. The summed E-state index contributed by atoms with van der Waals surface area (Å²) in [5, 5.41) is 0. The van der Waals surface area contributed by atoms with Gasteiger partial charge in [-0.3, -0.25) is 0 Å². The lowest BCUT2D eigenvalue weighted by Gasteiger charge is -1.93. The van der Waals surface area contributed by atoms with Crippen LogP contribution < -0.4 is 0 Å². The van der Waals surface area contributed by atoms with Crippen LogP contribution >= 0.6 is 7.82 Å². The summed E-state index contributed by atoms with van der Waals surface area (Å²) in [6.07, 6.45) is 3.18. The van der Waals surface area contributed by atoms with E-state index in [2.05, 4.69) is 20.4 Å². The van der Waals surface area contributed by atoms with Crippen molar-refractivity contribution in [1.29, 1.82) is 0 Å². The van der Waals surface area contributed by atoms with E-state index in [4.69, 9.17) is 19.2 Å². The van der Waals surface area contributed by atoms with Gasteiger partial charge in [0.1, 0.15) is 0 Å². The Morgan fingerprint density at radius 1 is 1.55 bits per heavy atom. The lowest BCUT2D eigenvalue weighted by Crippen LogP contribution is -1.80. The number of rotatable bonds is 2. The van der Waals surface area contributed by atoms with Crippen molar-refractivity contribution in [2.24, 2.45) is 5.92 Å². The molecular weight excluding hydrogens is 167 g/mol. The molecule has 5 heteroatoms. The summed E-state index contributed by atoms with van der Waals surface area (Å²) in [4.78, 5) is 21.6. The molecule has 1 unspecified atom stereocenters. The van der Waals surface area contributed by atoms with Crippen molar-refractivity contribution in [1.82, 2.24) is 0 Å². The second-order valence-corrected chi connectivity index (χ2v) is 3.16. The fraction of sp³-hybridized carbons (Fsp3) is 0.667. The molecule has 0 heterocycles. The smallest absolute Gasteiger partial charge is 0.303 e. The molecule has 0 amide bonds. The van der Waals surface area contributed by atoms with Crippen LogP contribution in [0.1, 0.15) is 20.3 Å². The van der Waals surface area contributed by atoms with Crippen molar-refractivity contribution >= 4 is 7.82 Å².